The zero-order chi connectivity index (χ0) is 19.1. The molecule has 1 aliphatic heterocycles. The molecule has 10 heteroatoms. The molecule has 0 spiro atoms. The monoisotopic (exact) mass is 372 g/mol. The second kappa shape index (κ2) is 6.42. The van der Waals surface area contributed by atoms with E-state index in [1.54, 1.807) is 23.9 Å². The van der Waals surface area contributed by atoms with Gasteiger partial charge in [-0.1, -0.05) is 5.16 Å². The van der Waals surface area contributed by atoms with Crippen LogP contribution in [0.25, 0.3) is 5.82 Å². The fraction of sp³-hybridized carbons (Fsp3) is 0.562. The Labute approximate surface area is 147 Å². The highest BCUT2D eigenvalue weighted by molar-refractivity contribution is 5.85. The molecule has 2 aromatic rings. The van der Waals surface area contributed by atoms with E-state index in [-0.39, 0.29) is 19.0 Å². The van der Waals surface area contributed by atoms with Crippen molar-refractivity contribution in [3.63, 3.8) is 0 Å². The minimum absolute atomic E-state index is 0.00870. The third-order valence-corrected chi connectivity index (χ3v) is 4.67. The average molecular weight is 372 g/mol. The Kier molecular flexibility index (Phi) is 4.55. The summed E-state index contributed by atoms with van der Waals surface area (Å²) in [5.74, 6) is -0.143. The largest absolute Gasteiger partial charge is 0.426 e. The van der Waals surface area contributed by atoms with Gasteiger partial charge in [0.25, 0.3) is 5.91 Å². The van der Waals surface area contributed by atoms with Crippen LogP contribution in [0, 0.1) is 6.92 Å². The Morgan fingerprint density at radius 3 is 2.54 bits per heavy atom. The van der Waals surface area contributed by atoms with Gasteiger partial charge in [0.2, 0.25) is 5.60 Å². The summed E-state index contributed by atoms with van der Waals surface area (Å²) in [6.45, 7) is 2.50. The second-order valence-corrected chi connectivity index (χ2v) is 6.60. The van der Waals surface area contributed by atoms with Gasteiger partial charge in [-0.25, -0.2) is 4.68 Å². The van der Waals surface area contributed by atoms with Crippen molar-refractivity contribution >= 4 is 5.91 Å². The number of likely N-dealkylation sites (tertiary alicyclic amines) is 1. The fourth-order valence-electron chi connectivity index (χ4n) is 3.07. The number of aromatic nitrogens is 3. The highest BCUT2D eigenvalue weighted by Gasteiger charge is 2.57. The maximum Gasteiger partial charge on any atom is 0.426 e. The van der Waals surface area contributed by atoms with Crippen molar-refractivity contribution in [1.82, 2.24) is 19.8 Å². The lowest BCUT2D eigenvalue weighted by Crippen LogP contribution is -2.57. The molecule has 1 atom stereocenters. The predicted octanol–water partition coefficient (Wildman–Crippen LogP) is 2.19. The molecule has 0 saturated carbocycles. The highest BCUT2D eigenvalue weighted by atomic mass is 19.4. The Hall–Kier alpha value is -2.36. The first-order valence-electron chi connectivity index (χ1n) is 8.17. The van der Waals surface area contributed by atoms with Gasteiger partial charge in [-0.05, 0) is 32.8 Å². The number of hydrogen-bond donors (Lipinski definition) is 1. The molecule has 0 aromatic carbocycles. The molecule has 142 valence electrons. The number of rotatable bonds is 3. The summed E-state index contributed by atoms with van der Waals surface area (Å²) in [5, 5.41) is 17.7. The second-order valence-electron chi connectivity index (χ2n) is 6.60. The predicted molar refractivity (Wildman–Crippen MR) is 83.6 cm³/mol. The Morgan fingerprint density at radius 2 is 2.00 bits per heavy atom. The van der Waals surface area contributed by atoms with Crippen LogP contribution < -0.4 is 0 Å². The molecular weight excluding hydrogens is 353 g/mol. The van der Waals surface area contributed by atoms with E-state index in [9.17, 15) is 23.1 Å². The zero-order valence-electron chi connectivity index (χ0n) is 14.3. The Morgan fingerprint density at radius 1 is 1.35 bits per heavy atom. The standard InChI is InChI=1S/C16H19F3N4O3/c1-10-9-13(21-26-10)23-12(3-6-20-23)11-4-7-22(8-5-11)14(24)15(2,25)16(17,18)19/h3,6,9,11,25H,4-5,7-8H2,1-2H3. The number of aliphatic hydroxyl groups is 1. The van der Waals surface area contributed by atoms with Crippen LogP contribution in [0.4, 0.5) is 13.2 Å². The van der Waals surface area contributed by atoms with Gasteiger partial charge < -0.3 is 14.5 Å². The van der Waals surface area contributed by atoms with E-state index >= 15 is 0 Å². The molecule has 1 fully saturated rings. The molecule has 0 aliphatic carbocycles. The first-order chi connectivity index (χ1) is 12.1. The summed E-state index contributed by atoms with van der Waals surface area (Å²) >= 11 is 0. The van der Waals surface area contributed by atoms with Gasteiger partial charge in [-0.15, -0.1) is 0 Å². The third kappa shape index (κ3) is 3.20. The fourth-order valence-corrected chi connectivity index (χ4v) is 3.07. The maximum atomic E-state index is 12.9. The number of alkyl halides is 3. The van der Waals surface area contributed by atoms with Crippen molar-refractivity contribution in [2.24, 2.45) is 0 Å². The zero-order valence-corrected chi connectivity index (χ0v) is 14.3. The van der Waals surface area contributed by atoms with Crippen LogP contribution in [0.3, 0.4) is 0 Å². The van der Waals surface area contributed by atoms with Crippen molar-refractivity contribution < 1.29 is 27.6 Å². The van der Waals surface area contributed by atoms with Gasteiger partial charge in [0, 0.05) is 37.0 Å². The Bertz CT molecular complexity index is 789. The minimum atomic E-state index is -5.01. The molecule has 1 saturated heterocycles. The topological polar surface area (TPSA) is 84.4 Å². The van der Waals surface area contributed by atoms with E-state index in [4.69, 9.17) is 4.52 Å². The van der Waals surface area contributed by atoms with Gasteiger partial charge >= 0.3 is 6.18 Å². The number of carbonyl (C=O) groups excluding carboxylic acids is 1. The molecule has 26 heavy (non-hydrogen) atoms. The van der Waals surface area contributed by atoms with Gasteiger partial charge in [-0.3, -0.25) is 4.79 Å². The van der Waals surface area contributed by atoms with Gasteiger partial charge in [0.15, 0.2) is 5.82 Å². The summed E-state index contributed by atoms with van der Waals surface area (Å²) in [4.78, 5) is 13.1. The lowest BCUT2D eigenvalue weighted by molar-refractivity contribution is -0.250. The van der Waals surface area contributed by atoms with E-state index in [1.165, 1.54) is 0 Å². The minimum Gasteiger partial charge on any atom is -0.373 e. The van der Waals surface area contributed by atoms with Crippen molar-refractivity contribution in [3.05, 3.63) is 29.8 Å². The van der Waals surface area contributed by atoms with Gasteiger partial charge in [0.1, 0.15) is 5.76 Å². The lowest BCUT2D eigenvalue weighted by atomic mass is 9.92. The first-order valence-corrected chi connectivity index (χ1v) is 8.17. The summed E-state index contributed by atoms with van der Waals surface area (Å²) in [5.41, 5.74) is -2.52. The average Bonchev–Trinajstić information content (AvgIpc) is 3.21. The van der Waals surface area contributed by atoms with Crippen LogP contribution in [0.15, 0.2) is 22.9 Å². The molecule has 7 nitrogen and oxygen atoms in total. The third-order valence-electron chi connectivity index (χ3n) is 4.67. The van der Waals surface area contributed by atoms with Crippen LogP contribution in [-0.4, -0.2) is 55.7 Å². The van der Waals surface area contributed by atoms with Crippen LogP contribution in [0.1, 0.15) is 37.1 Å². The highest BCUT2D eigenvalue weighted by Crippen LogP contribution is 2.34. The molecule has 1 amide bonds. The summed E-state index contributed by atoms with van der Waals surface area (Å²) in [6.07, 6.45) is -2.47. The molecule has 1 N–H and O–H groups in total. The number of piperidine rings is 1. The number of nitrogens with zero attached hydrogens (tertiary/aromatic N) is 4. The number of halogens is 3. The molecule has 0 bridgehead atoms. The van der Waals surface area contributed by atoms with E-state index in [0.29, 0.717) is 31.3 Å². The van der Waals surface area contributed by atoms with E-state index in [0.717, 1.165) is 10.6 Å². The molecule has 0 radical (unpaired) electrons. The van der Waals surface area contributed by atoms with Crippen LogP contribution >= 0.6 is 0 Å². The number of amides is 1. The molecule has 1 unspecified atom stereocenters. The number of aryl methyl sites for hydroxylation is 1. The smallest absolute Gasteiger partial charge is 0.373 e. The Balaban J connectivity index is 1.70. The molecule has 3 rings (SSSR count). The maximum absolute atomic E-state index is 12.9. The summed E-state index contributed by atoms with van der Waals surface area (Å²) in [6, 6.07) is 3.55. The first kappa shape index (κ1) is 18.4. The summed E-state index contributed by atoms with van der Waals surface area (Å²) < 4.78 is 45.2. The summed E-state index contributed by atoms with van der Waals surface area (Å²) in [7, 11) is 0. The quantitative estimate of drug-likeness (QED) is 0.893. The molecule has 2 aromatic heterocycles. The van der Waals surface area contributed by atoms with Crippen molar-refractivity contribution in [2.75, 3.05) is 13.1 Å². The van der Waals surface area contributed by atoms with E-state index in [2.05, 4.69) is 10.3 Å². The van der Waals surface area contributed by atoms with E-state index in [1.807, 2.05) is 6.07 Å². The number of carbonyl (C=O) groups is 1. The normalized spacial score (nSPS) is 18.8. The van der Waals surface area contributed by atoms with Gasteiger partial charge in [-0.2, -0.15) is 18.3 Å². The lowest BCUT2D eigenvalue weighted by Gasteiger charge is -2.36. The molecule has 3 heterocycles. The SMILES string of the molecule is Cc1cc(-n2nccc2C2CCN(C(=O)C(C)(O)C(F)(F)F)CC2)no1. The van der Waals surface area contributed by atoms with E-state index < -0.39 is 17.7 Å². The van der Waals surface area contributed by atoms with Crippen LogP contribution in [0.2, 0.25) is 0 Å². The van der Waals surface area contributed by atoms with Crippen LogP contribution in [0.5, 0.6) is 0 Å². The number of hydrogen-bond acceptors (Lipinski definition) is 5. The van der Waals surface area contributed by atoms with Crippen molar-refractivity contribution in [1.29, 1.82) is 0 Å². The van der Waals surface area contributed by atoms with Gasteiger partial charge in [0.05, 0.1) is 0 Å². The van der Waals surface area contributed by atoms with Crippen LogP contribution in [-0.2, 0) is 4.79 Å². The van der Waals surface area contributed by atoms with Crippen molar-refractivity contribution in [3.8, 4) is 5.82 Å². The molecular formula is C16H19F3N4O3. The molecule has 1 aliphatic rings. The van der Waals surface area contributed by atoms with Crippen molar-refractivity contribution in [2.45, 2.75) is 44.4 Å².